The Morgan fingerprint density at radius 3 is 2.74 bits per heavy atom. The largest absolute Gasteiger partial charge is 0.493 e. The number of imidazole rings is 1. The molecule has 0 saturated heterocycles. The summed E-state index contributed by atoms with van der Waals surface area (Å²) < 4.78 is 11.1. The van der Waals surface area contributed by atoms with Crippen molar-refractivity contribution in [2.75, 3.05) is 13.7 Å². The van der Waals surface area contributed by atoms with Crippen molar-refractivity contribution >= 4 is 33.5 Å². The van der Waals surface area contributed by atoms with Crippen LogP contribution in [0.5, 0.6) is 17.4 Å². The Morgan fingerprint density at radius 2 is 1.88 bits per heavy atom. The lowest BCUT2D eigenvalue weighted by atomic mass is 10.2. The smallest absolute Gasteiger partial charge is 0.302 e. The molecule has 0 aliphatic carbocycles. The third-order valence-corrected chi connectivity index (χ3v) is 5.35. The summed E-state index contributed by atoms with van der Waals surface area (Å²) in [6, 6.07) is 18.5. The molecule has 1 amide bonds. The zero-order valence-electron chi connectivity index (χ0n) is 18.5. The second kappa shape index (κ2) is 8.70. The number of hydrogen-bond donors (Lipinski definition) is 3. The molecule has 2 heterocycles. The van der Waals surface area contributed by atoms with E-state index in [0.29, 0.717) is 28.2 Å². The first kappa shape index (κ1) is 21.2. The number of methoxy groups -OCH3 is 1. The maximum absolute atomic E-state index is 12.2. The molecule has 0 bridgehead atoms. The van der Waals surface area contributed by atoms with Crippen molar-refractivity contribution in [3.05, 3.63) is 66.2 Å². The number of carbonyl (C=O) groups is 1. The van der Waals surface area contributed by atoms with Crippen LogP contribution < -0.4 is 9.47 Å². The van der Waals surface area contributed by atoms with Crippen LogP contribution in [0.4, 0.5) is 5.69 Å². The third-order valence-electron chi connectivity index (χ3n) is 5.35. The number of aryl methyl sites for hydroxylation is 1. The average molecular weight is 455 g/mol. The second-order valence-corrected chi connectivity index (χ2v) is 7.72. The van der Waals surface area contributed by atoms with Gasteiger partial charge in [0.2, 0.25) is 5.88 Å². The lowest BCUT2D eigenvalue weighted by molar-refractivity contribution is -0.120. The van der Waals surface area contributed by atoms with E-state index in [9.17, 15) is 9.90 Å². The van der Waals surface area contributed by atoms with Crippen LogP contribution in [0, 0.1) is 6.92 Å². The highest BCUT2D eigenvalue weighted by Crippen LogP contribution is 2.35. The van der Waals surface area contributed by atoms with Gasteiger partial charge >= 0.3 is 5.91 Å². The van der Waals surface area contributed by atoms with Crippen LogP contribution in [0.15, 0.2) is 70.9 Å². The minimum Gasteiger partial charge on any atom is -0.493 e. The zero-order chi connectivity index (χ0) is 23.7. The van der Waals surface area contributed by atoms with Crippen LogP contribution >= 0.6 is 0 Å². The Hall–Kier alpha value is -4.66. The predicted molar refractivity (Wildman–Crippen MR) is 128 cm³/mol. The molecule has 0 saturated carbocycles. The van der Waals surface area contributed by atoms with Crippen molar-refractivity contribution in [2.45, 2.75) is 6.92 Å². The number of para-hydroxylation sites is 1. The number of aromatic nitrogens is 3. The highest BCUT2D eigenvalue weighted by Gasteiger charge is 2.13. The van der Waals surface area contributed by atoms with E-state index in [2.05, 4.69) is 25.2 Å². The number of benzene rings is 3. The first-order chi connectivity index (χ1) is 16.5. The highest BCUT2D eigenvalue weighted by molar-refractivity contribution is 5.94. The van der Waals surface area contributed by atoms with E-state index >= 15 is 0 Å². The quantitative estimate of drug-likeness (QED) is 0.295. The number of carbonyl (C=O) groups excluding carboxylic acids is 1. The van der Waals surface area contributed by atoms with Crippen LogP contribution in [0.3, 0.4) is 0 Å². The maximum atomic E-state index is 12.2. The molecule has 2 aromatic heterocycles. The van der Waals surface area contributed by atoms with Gasteiger partial charge < -0.3 is 24.5 Å². The summed E-state index contributed by atoms with van der Waals surface area (Å²) in [7, 11) is 1.52. The highest BCUT2D eigenvalue weighted by atomic mass is 16.5. The summed E-state index contributed by atoms with van der Waals surface area (Å²) >= 11 is 0. The minimum atomic E-state index is -0.608. The Labute approximate surface area is 194 Å². The summed E-state index contributed by atoms with van der Waals surface area (Å²) in [6.45, 7) is 1.69. The van der Waals surface area contributed by atoms with Gasteiger partial charge in [0.15, 0.2) is 23.8 Å². The monoisotopic (exact) mass is 455 g/mol. The molecule has 0 spiro atoms. The SMILES string of the molecule is COc1cc(-c2nc3ccc(C)cc3[nH]2)ccc1OCC(=O)N=Nc1c(O)[nH]c2ccccc12. The van der Waals surface area contributed by atoms with E-state index in [-0.39, 0.29) is 18.2 Å². The Morgan fingerprint density at radius 1 is 1.03 bits per heavy atom. The van der Waals surface area contributed by atoms with Crippen molar-refractivity contribution < 1.29 is 19.4 Å². The summed E-state index contributed by atoms with van der Waals surface area (Å²) in [6.07, 6.45) is 0. The standard InChI is InChI=1S/C25H21N5O4/c1-14-7-9-18-19(11-14)27-24(26-18)15-8-10-20(21(12-15)33-2)34-13-22(31)29-30-23-16-5-3-4-6-17(16)28-25(23)32/h3-12,28,32H,13H2,1-2H3,(H,26,27). The summed E-state index contributed by atoms with van der Waals surface area (Å²) in [4.78, 5) is 23.0. The van der Waals surface area contributed by atoms with Crippen molar-refractivity contribution in [3.63, 3.8) is 0 Å². The normalized spacial score (nSPS) is 11.5. The topological polar surface area (TPSA) is 125 Å². The number of nitrogens with one attached hydrogen (secondary N) is 2. The minimum absolute atomic E-state index is 0.156. The Kier molecular flexibility index (Phi) is 5.43. The molecule has 0 unspecified atom stereocenters. The van der Waals surface area contributed by atoms with Crippen molar-refractivity contribution in [2.24, 2.45) is 10.2 Å². The molecule has 9 heteroatoms. The molecule has 9 nitrogen and oxygen atoms in total. The van der Waals surface area contributed by atoms with E-state index in [0.717, 1.165) is 22.2 Å². The lowest BCUT2D eigenvalue weighted by Crippen LogP contribution is -2.08. The van der Waals surface area contributed by atoms with Crippen molar-refractivity contribution in [1.29, 1.82) is 0 Å². The van der Waals surface area contributed by atoms with E-state index in [1.165, 1.54) is 7.11 Å². The predicted octanol–water partition coefficient (Wildman–Crippen LogP) is 5.42. The molecule has 0 aliphatic rings. The van der Waals surface area contributed by atoms with Gasteiger partial charge in [-0.25, -0.2) is 4.98 Å². The van der Waals surface area contributed by atoms with Gasteiger partial charge in [-0.05, 0) is 48.9 Å². The van der Waals surface area contributed by atoms with Crippen molar-refractivity contribution in [3.8, 4) is 28.8 Å². The molecule has 0 atom stereocenters. The van der Waals surface area contributed by atoms with E-state index in [4.69, 9.17) is 9.47 Å². The van der Waals surface area contributed by atoms with Crippen LogP contribution in [-0.2, 0) is 4.79 Å². The fraction of sp³-hybridized carbons (Fsp3) is 0.120. The summed E-state index contributed by atoms with van der Waals surface area (Å²) in [5, 5.41) is 18.3. The summed E-state index contributed by atoms with van der Waals surface area (Å²) in [5.74, 6) is 0.777. The van der Waals surface area contributed by atoms with Crippen LogP contribution in [-0.4, -0.2) is 39.7 Å². The molecule has 5 rings (SSSR count). The van der Waals surface area contributed by atoms with Crippen LogP contribution in [0.2, 0.25) is 0 Å². The number of aromatic amines is 2. The van der Waals surface area contributed by atoms with Crippen LogP contribution in [0.1, 0.15) is 5.56 Å². The molecule has 3 N–H and O–H groups in total. The van der Waals surface area contributed by atoms with Gasteiger partial charge in [-0.1, -0.05) is 24.3 Å². The van der Waals surface area contributed by atoms with Gasteiger partial charge in [0.1, 0.15) is 5.82 Å². The third kappa shape index (κ3) is 4.06. The number of amides is 1. The Bertz CT molecular complexity index is 1550. The molecule has 3 aromatic carbocycles. The molecule has 0 fully saturated rings. The first-order valence-corrected chi connectivity index (χ1v) is 10.5. The number of azo groups is 1. The van der Waals surface area contributed by atoms with Crippen LogP contribution in [0.25, 0.3) is 33.3 Å². The molecular formula is C25H21N5O4. The fourth-order valence-corrected chi connectivity index (χ4v) is 3.68. The molecule has 0 aliphatic heterocycles. The molecule has 170 valence electrons. The second-order valence-electron chi connectivity index (χ2n) is 7.72. The first-order valence-electron chi connectivity index (χ1n) is 10.5. The van der Waals surface area contributed by atoms with Gasteiger partial charge in [0, 0.05) is 10.9 Å². The Balaban J connectivity index is 1.30. The van der Waals surface area contributed by atoms with Gasteiger partial charge in [0.05, 0.1) is 23.7 Å². The fourth-order valence-electron chi connectivity index (χ4n) is 3.68. The van der Waals surface area contributed by atoms with Gasteiger partial charge in [0.25, 0.3) is 0 Å². The molecule has 34 heavy (non-hydrogen) atoms. The van der Waals surface area contributed by atoms with E-state index in [1.807, 2.05) is 43.3 Å². The van der Waals surface area contributed by atoms with Gasteiger partial charge in [-0.2, -0.15) is 0 Å². The number of aromatic hydroxyl groups is 1. The average Bonchev–Trinajstić information content (AvgIpc) is 3.41. The van der Waals surface area contributed by atoms with Gasteiger partial charge in [-0.15, -0.1) is 10.2 Å². The number of H-pyrrole nitrogens is 2. The number of ether oxygens (including phenoxy) is 2. The number of hydrogen-bond acceptors (Lipinski definition) is 6. The molecule has 5 aromatic rings. The molecule has 0 radical (unpaired) electrons. The lowest BCUT2D eigenvalue weighted by Gasteiger charge is -2.10. The number of fused-ring (bicyclic) bond motifs is 2. The van der Waals surface area contributed by atoms with E-state index < -0.39 is 5.91 Å². The zero-order valence-corrected chi connectivity index (χ0v) is 18.5. The van der Waals surface area contributed by atoms with Crippen molar-refractivity contribution in [1.82, 2.24) is 15.0 Å². The maximum Gasteiger partial charge on any atom is 0.302 e. The molecular weight excluding hydrogens is 434 g/mol. The van der Waals surface area contributed by atoms with E-state index in [1.54, 1.807) is 24.3 Å². The summed E-state index contributed by atoms with van der Waals surface area (Å²) in [5.41, 5.74) is 4.68. The number of nitrogens with zero attached hydrogens (tertiary/aromatic N) is 3. The van der Waals surface area contributed by atoms with Gasteiger partial charge in [-0.3, -0.25) is 4.79 Å². The number of rotatable bonds is 6.